The molecule has 1 aliphatic heterocycles. The fraction of sp³-hybridized carbons (Fsp3) is 0.238. The zero-order valence-corrected chi connectivity index (χ0v) is 14.8. The molecule has 0 N–H and O–H groups in total. The first-order chi connectivity index (χ1) is 13.1. The topological polar surface area (TPSA) is 75.0 Å². The Hall–Kier alpha value is -3.28. The number of ketones is 1. The Labute approximate surface area is 155 Å². The highest BCUT2D eigenvalue weighted by atomic mass is 16.7. The molecule has 0 saturated heterocycles. The Bertz CT molecular complexity index is 1070. The fourth-order valence-corrected chi connectivity index (χ4v) is 3.08. The first-order valence-electron chi connectivity index (χ1n) is 8.76. The van der Waals surface area contributed by atoms with Gasteiger partial charge in [0.05, 0.1) is 0 Å². The Morgan fingerprint density at radius 2 is 1.93 bits per heavy atom. The lowest BCUT2D eigenvalue weighted by Gasteiger charge is -2.08. The van der Waals surface area contributed by atoms with Crippen molar-refractivity contribution in [3.8, 4) is 17.2 Å². The van der Waals surface area contributed by atoms with Gasteiger partial charge >= 0.3 is 5.63 Å². The molecule has 2 aromatic carbocycles. The first-order valence-corrected chi connectivity index (χ1v) is 8.76. The van der Waals surface area contributed by atoms with E-state index in [4.69, 9.17) is 18.6 Å². The zero-order valence-electron chi connectivity index (χ0n) is 14.8. The van der Waals surface area contributed by atoms with Crippen LogP contribution in [0.15, 0.2) is 51.7 Å². The van der Waals surface area contributed by atoms with Crippen LogP contribution in [0.25, 0.3) is 11.0 Å². The lowest BCUT2D eigenvalue weighted by atomic mass is 10.1. The van der Waals surface area contributed by atoms with E-state index in [0.717, 1.165) is 23.8 Å². The molecule has 0 amide bonds. The van der Waals surface area contributed by atoms with Crippen molar-refractivity contribution >= 4 is 16.8 Å². The van der Waals surface area contributed by atoms with Crippen LogP contribution in [0.2, 0.25) is 0 Å². The van der Waals surface area contributed by atoms with Crippen molar-refractivity contribution in [1.29, 1.82) is 0 Å². The highest BCUT2D eigenvalue weighted by molar-refractivity contribution is 5.98. The maximum absolute atomic E-state index is 12.4. The van der Waals surface area contributed by atoms with E-state index in [2.05, 4.69) is 6.92 Å². The van der Waals surface area contributed by atoms with Gasteiger partial charge in [0.2, 0.25) is 6.79 Å². The SMILES string of the molecule is CCCc1cc(=O)oc2cc(OCC(=O)c3ccc4c(c3)OCO4)ccc12. The normalized spacial score (nSPS) is 12.3. The number of aryl methyl sites for hydroxylation is 1. The molecule has 0 atom stereocenters. The van der Waals surface area contributed by atoms with E-state index < -0.39 is 0 Å². The molecule has 0 fully saturated rings. The Kier molecular flexibility index (Phi) is 4.54. The second-order valence-electron chi connectivity index (χ2n) is 6.28. The smallest absolute Gasteiger partial charge is 0.336 e. The van der Waals surface area contributed by atoms with Crippen molar-refractivity contribution in [2.75, 3.05) is 13.4 Å². The summed E-state index contributed by atoms with van der Waals surface area (Å²) in [4.78, 5) is 24.1. The summed E-state index contributed by atoms with van der Waals surface area (Å²) < 4.78 is 21.4. The molecule has 138 valence electrons. The molecular weight excluding hydrogens is 348 g/mol. The lowest BCUT2D eigenvalue weighted by molar-refractivity contribution is 0.0921. The van der Waals surface area contributed by atoms with Gasteiger partial charge in [0, 0.05) is 23.1 Å². The van der Waals surface area contributed by atoms with Crippen LogP contribution in [0.3, 0.4) is 0 Å². The number of fused-ring (bicyclic) bond motifs is 2. The van der Waals surface area contributed by atoms with Gasteiger partial charge in [-0.25, -0.2) is 4.79 Å². The Balaban J connectivity index is 1.52. The minimum atomic E-state index is -0.389. The number of hydrogen-bond acceptors (Lipinski definition) is 6. The van der Waals surface area contributed by atoms with Crippen LogP contribution >= 0.6 is 0 Å². The number of hydrogen-bond donors (Lipinski definition) is 0. The van der Waals surface area contributed by atoms with E-state index in [1.807, 2.05) is 6.07 Å². The van der Waals surface area contributed by atoms with E-state index in [9.17, 15) is 9.59 Å². The minimum absolute atomic E-state index is 0.135. The van der Waals surface area contributed by atoms with Crippen molar-refractivity contribution < 1.29 is 23.4 Å². The molecule has 0 saturated carbocycles. The largest absolute Gasteiger partial charge is 0.485 e. The monoisotopic (exact) mass is 366 g/mol. The third kappa shape index (κ3) is 3.51. The number of ether oxygens (including phenoxy) is 3. The highest BCUT2D eigenvalue weighted by Crippen LogP contribution is 2.32. The van der Waals surface area contributed by atoms with Gasteiger partial charge in [0.25, 0.3) is 0 Å². The summed E-state index contributed by atoms with van der Waals surface area (Å²) in [6.07, 6.45) is 1.73. The highest BCUT2D eigenvalue weighted by Gasteiger charge is 2.16. The Morgan fingerprint density at radius 3 is 2.78 bits per heavy atom. The summed E-state index contributed by atoms with van der Waals surface area (Å²) >= 11 is 0. The Morgan fingerprint density at radius 1 is 1.07 bits per heavy atom. The molecule has 1 aromatic heterocycles. The van der Waals surface area contributed by atoms with Gasteiger partial charge < -0.3 is 18.6 Å². The average molecular weight is 366 g/mol. The molecule has 0 aliphatic carbocycles. The molecule has 0 bridgehead atoms. The predicted molar refractivity (Wildman–Crippen MR) is 98.9 cm³/mol. The van der Waals surface area contributed by atoms with Gasteiger partial charge in [-0.1, -0.05) is 13.3 Å². The van der Waals surface area contributed by atoms with Crippen LogP contribution in [0, 0.1) is 0 Å². The predicted octanol–water partition coefficient (Wildman–Crippen LogP) is 3.74. The van der Waals surface area contributed by atoms with Crippen molar-refractivity contribution in [2.24, 2.45) is 0 Å². The third-order valence-corrected chi connectivity index (χ3v) is 4.39. The molecule has 4 rings (SSSR count). The minimum Gasteiger partial charge on any atom is -0.485 e. The van der Waals surface area contributed by atoms with Crippen molar-refractivity contribution in [3.05, 3.63) is 64.0 Å². The fourth-order valence-electron chi connectivity index (χ4n) is 3.08. The summed E-state index contributed by atoms with van der Waals surface area (Å²) in [5.41, 5.74) is 1.50. The molecule has 27 heavy (non-hydrogen) atoms. The van der Waals surface area contributed by atoms with Crippen LogP contribution in [0.5, 0.6) is 17.2 Å². The van der Waals surface area contributed by atoms with E-state index in [-0.39, 0.29) is 24.8 Å². The summed E-state index contributed by atoms with van der Waals surface area (Å²) in [5, 5.41) is 0.880. The summed E-state index contributed by atoms with van der Waals surface area (Å²) in [7, 11) is 0. The average Bonchev–Trinajstić information content (AvgIpc) is 3.13. The summed E-state index contributed by atoms with van der Waals surface area (Å²) in [5.74, 6) is 1.46. The zero-order chi connectivity index (χ0) is 18.8. The van der Waals surface area contributed by atoms with E-state index in [1.165, 1.54) is 6.07 Å². The molecule has 0 spiro atoms. The van der Waals surface area contributed by atoms with E-state index in [1.54, 1.807) is 30.3 Å². The van der Waals surface area contributed by atoms with Crippen LogP contribution in [0.4, 0.5) is 0 Å². The standard InChI is InChI=1S/C21H18O6/c1-2-3-13-9-21(23)27-19-10-15(5-6-16(13)19)24-11-17(22)14-4-7-18-20(8-14)26-12-25-18/h4-10H,2-3,11-12H2,1H3. The van der Waals surface area contributed by atoms with Gasteiger partial charge in [-0.2, -0.15) is 0 Å². The maximum atomic E-state index is 12.4. The van der Waals surface area contributed by atoms with Gasteiger partial charge in [-0.05, 0) is 42.3 Å². The second-order valence-corrected chi connectivity index (χ2v) is 6.28. The third-order valence-electron chi connectivity index (χ3n) is 4.39. The van der Waals surface area contributed by atoms with Gasteiger partial charge in [-0.15, -0.1) is 0 Å². The molecule has 3 aromatic rings. The number of Topliss-reactive ketones (excluding diaryl/α,β-unsaturated/α-hetero) is 1. The van der Waals surface area contributed by atoms with Crippen molar-refractivity contribution in [3.63, 3.8) is 0 Å². The van der Waals surface area contributed by atoms with Crippen LogP contribution in [-0.2, 0) is 6.42 Å². The second kappa shape index (κ2) is 7.15. The molecule has 6 heteroatoms. The van der Waals surface area contributed by atoms with Crippen molar-refractivity contribution in [1.82, 2.24) is 0 Å². The molecule has 0 radical (unpaired) electrons. The quantitative estimate of drug-likeness (QED) is 0.489. The molecule has 1 aliphatic rings. The van der Waals surface area contributed by atoms with Crippen LogP contribution < -0.4 is 19.8 Å². The van der Waals surface area contributed by atoms with Gasteiger partial charge in [-0.3, -0.25) is 4.79 Å². The summed E-state index contributed by atoms with van der Waals surface area (Å²) in [6.45, 7) is 2.08. The number of rotatable bonds is 6. The molecule has 2 heterocycles. The lowest BCUT2D eigenvalue weighted by Crippen LogP contribution is -2.11. The van der Waals surface area contributed by atoms with Crippen molar-refractivity contribution in [2.45, 2.75) is 19.8 Å². The van der Waals surface area contributed by atoms with Crippen LogP contribution in [0.1, 0.15) is 29.3 Å². The van der Waals surface area contributed by atoms with E-state index in [0.29, 0.717) is 28.4 Å². The molecular formula is C21H18O6. The number of carbonyl (C=O) groups is 1. The number of carbonyl (C=O) groups excluding carboxylic acids is 1. The van der Waals surface area contributed by atoms with Gasteiger partial charge in [0.1, 0.15) is 11.3 Å². The summed E-state index contributed by atoms with van der Waals surface area (Å²) in [6, 6.07) is 11.8. The van der Waals surface area contributed by atoms with E-state index >= 15 is 0 Å². The first kappa shape index (κ1) is 17.1. The van der Waals surface area contributed by atoms with Gasteiger partial charge in [0.15, 0.2) is 23.9 Å². The maximum Gasteiger partial charge on any atom is 0.336 e. The molecule has 6 nitrogen and oxygen atoms in total. The number of benzene rings is 2. The molecule has 0 unspecified atom stereocenters. The van der Waals surface area contributed by atoms with Crippen LogP contribution in [-0.4, -0.2) is 19.2 Å².